The highest BCUT2D eigenvalue weighted by Gasteiger charge is 2.30. The van der Waals surface area contributed by atoms with Gasteiger partial charge in [-0.05, 0) is 115 Å². The molecule has 0 radical (unpaired) electrons. The number of aromatic nitrogens is 8. The molecular formula is C40H49N14O2+. The van der Waals surface area contributed by atoms with Gasteiger partial charge in [0.2, 0.25) is 0 Å². The lowest BCUT2D eigenvalue weighted by Crippen LogP contribution is -2.34. The van der Waals surface area contributed by atoms with Gasteiger partial charge in [0.05, 0.1) is 11.9 Å². The number of hydrogen-bond acceptors (Lipinski definition) is 11. The molecule has 2 amide bonds. The third kappa shape index (κ3) is 7.49. The van der Waals surface area contributed by atoms with Crippen LogP contribution in [0.15, 0.2) is 60.9 Å². The van der Waals surface area contributed by atoms with Crippen LogP contribution in [-0.2, 0) is 6.54 Å². The summed E-state index contributed by atoms with van der Waals surface area (Å²) in [6.45, 7) is 9.65. The average molecular weight is 758 g/mol. The van der Waals surface area contributed by atoms with Gasteiger partial charge in [0.1, 0.15) is 30.2 Å². The van der Waals surface area contributed by atoms with Crippen LogP contribution in [0.4, 0.5) is 23.3 Å². The summed E-state index contributed by atoms with van der Waals surface area (Å²) in [6, 6.07) is 16.3. The van der Waals surface area contributed by atoms with Crippen molar-refractivity contribution in [3.05, 3.63) is 94.8 Å². The first-order chi connectivity index (χ1) is 26.9. The van der Waals surface area contributed by atoms with E-state index in [0.29, 0.717) is 58.6 Å². The molecule has 6 aromatic heterocycles. The molecule has 8 heterocycles. The number of carbonyl (C=O) groups is 2. The molecule has 0 bridgehead atoms. The lowest BCUT2D eigenvalue weighted by molar-refractivity contribution is -0.662. The van der Waals surface area contributed by atoms with E-state index >= 15 is 0 Å². The van der Waals surface area contributed by atoms with Crippen LogP contribution in [-0.4, -0.2) is 122 Å². The maximum absolute atomic E-state index is 13.9. The second-order valence-electron chi connectivity index (χ2n) is 15.5. The monoisotopic (exact) mass is 757 g/mol. The number of pyridine rings is 2. The van der Waals surface area contributed by atoms with E-state index < -0.39 is 0 Å². The zero-order valence-electron chi connectivity index (χ0n) is 33.1. The summed E-state index contributed by atoms with van der Waals surface area (Å²) in [7, 11) is 8.39. The van der Waals surface area contributed by atoms with Crippen molar-refractivity contribution < 1.29 is 14.2 Å². The fourth-order valence-corrected chi connectivity index (χ4v) is 7.77. The highest BCUT2D eigenvalue weighted by atomic mass is 16.2. The topological polar surface area (TPSA) is 148 Å². The number of nitrogens with one attached hydrogen (secondary N) is 2. The van der Waals surface area contributed by atoms with Gasteiger partial charge in [0, 0.05) is 50.0 Å². The van der Waals surface area contributed by atoms with Gasteiger partial charge in [-0.15, -0.1) is 5.10 Å². The molecule has 2 saturated heterocycles. The predicted octanol–water partition coefficient (Wildman–Crippen LogP) is 3.21. The first-order valence-corrected chi connectivity index (χ1v) is 19.0. The number of carbonyl (C=O) groups excluding carboxylic acids is 2. The second kappa shape index (κ2) is 14.9. The number of amides is 2. The number of anilines is 4. The van der Waals surface area contributed by atoms with Crippen molar-refractivity contribution in [3.63, 3.8) is 0 Å². The molecule has 0 unspecified atom stereocenters. The first-order valence-electron chi connectivity index (χ1n) is 19.0. The van der Waals surface area contributed by atoms with Crippen LogP contribution >= 0.6 is 0 Å². The van der Waals surface area contributed by atoms with Crippen LogP contribution in [0.1, 0.15) is 56.3 Å². The van der Waals surface area contributed by atoms with Crippen molar-refractivity contribution in [2.45, 2.75) is 52.2 Å². The van der Waals surface area contributed by atoms with Crippen LogP contribution < -0.4 is 25.0 Å². The minimum absolute atomic E-state index is 0.314. The molecule has 0 spiro atoms. The van der Waals surface area contributed by atoms with Gasteiger partial charge in [-0.25, -0.2) is 24.0 Å². The third-order valence-corrected chi connectivity index (χ3v) is 10.8. The van der Waals surface area contributed by atoms with Crippen molar-refractivity contribution in [2.75, 3.05) is 74.8 Å². The van der Waals surface area contributed by atoms with E-state index in [0.717, 1.165) is 67.5 Å². The van der Waals surface area contributed by atoms with Crippen molar-refractivity contribution in [2.24, 2.45) is 0 Å². The average Bonchev–Trinajstić information content (AvgIpc) is 3.96. The predicted molar refractivity (Wildman–Crippen MR) is 215 cm³/mol. The van der Waals surface area contributed by atoms with Crippen LogP contribution in [0, 0.1) is 20.8 Å². The highest BCUT2D eigenvalue weighted by Crippen LogP contribution is 2.23. The van der Waals surface area contributed by atoms with Crippen molar-refractivity contribution in [1.82, 2.24) is 44.0 Å². The van der Waals surface area contributed by atoms with E-state index in [1.807, 2.05) is 73.9 Å². The number of aryl methyl sites for hydroxylation is 3. The van der Waals surface area contributed by atoms with E-state index in [1.165, 1.54) is 6.20 Å². The molecule has 56 heavy (non-hydrogen) atoms. The SMILES string of the molecule is Cc1cc(C[n+]2cc(C(=O)Nc3cc(C)cc(C)n3)n3nc(N4CC[C@@H](N(C)C)C4)ccc32)nc(NC(=O)c2cnc3ccc(N4CC[C@H](N(C)C)C4)nn23)c1. The molecule has 0 aliphatic carbocycles. The van der Waals surface area contributed by atoms with Crippen molar-refractivity contribution >= 4 is 46.4 Å². The van der Waals surface area contributed by atoms with E-state index in [-0.39, 0.29) is 11.8 Å². The molecule has 8 rings (SSSR count). The molecule has 2 aliphatic heterocycles. The zero-order valence-corrected chi connectivity index (χ0v) is 33.1. The Hall–Kier alpha value is -6.00. The number of likely N-dealkylation sites (N-methyl/N-ethyl adjacent to an activating group) is 2. The Morgan fingerprint density at radius 3 is 1.96 bits per heavy atom. The Balaban J connectivity index is 1.07. The van der Waals surface area contributed by atoms with Crippen molar-refractivity contribution in [1.29, 1.82) is 0 Å². The molecule has 16 heteroatoms. The molecule has 0 saturated carbocycles. The minimum atomic E-state index is -0.366. The van der Waals surface area contributed by atoms with Gasteiger partial charge in [-0.3, -0.25) is 9.59 Å². The van der Waals surface area contributed by atoms with E-state index in [2.05, 4.69) is 68.4 Å². The maximum Gasteiger partial charge on any atom is 0.308 e. The molecule has 290 valence electrons. The first kappa shape index (κ1) is 36.9. The molecule has 16 nitrogen and oxygen atoms in total. The summed E-state index contributed by atoms with van der Waals surface area (Å²) in [5.74, 6) is 1.79. The lowest BCUT2D eigenvalue weighted by Gasteiger charge is -2.21. The maximum atomic E-state index is 13.9. The number of hydrogen-bond donors (Lipinski definition) is 2. The summed E-state index contributed by atoms with van der Waals surface area (Å²) in [4.78, 5) is 50.5. The summed E-state index contributed by atoms with van der Waals surface area (Å²) in [6.07, 6.45) is 5.42. The van der Waals surface area contributed by atoms with Gasteiger partial charge in [0.25, 0.3) is 11.6 Å². The lowest BCUT2D eigenvalue weighted by atomic mass is 10.2. The van der Waals surface area contributed by atoms with E-state index in [4.69, 9.17) is 15.2 Å². The number of nitrogens with zero attached hydrogens (tertiary/aromatic N) is 12. The second-order valence-corrected chi connectivity index (χ2v) is 15.5. The molecule has 2 atom stereocenters. The zero-order chi connectivity index (χ0) is 39.2. The molecule has 2 N–H and O–H groups in total. The van der Waals surface area contributed by atoms with Gasteiger partial charge in [-0.1, -0.05) is 9.61 Å². The summed E-state index contributed by atoms with van der Waals surface area (Å²) >= 11 is 0. The van der Waals surface area contributed by atoms with E-state index in [1.54, 1.807) is 15.2 Å². The number of rotatable bonds is 10. The Labute approximate surface area is 325 Å². The summed E-state index contributed by atoms with van der Waals surface area (Å²) in [5, 5.41) is 15.8. The van der Waals surface area contributed by atoms with Crippen LogP contribution in [0.5, 0.6) is 0 Å². The normalized spacial score (nSPS) is 17.2. The number of fused-ring (bicyclic) bond motifs is 2. The summed E-state index contributed by atoms with van der Waals surface area (Å²) in [5.41, 5.74) is 5.41. The largest absolute Gasteiger partial charge is 0.354 e. The van der Waals surface area contributed by atoms with Gasteiger partial charge < -0.3 is 30.2 Å². The quantitative estimate of drug-likeness (QED) is 0.199. The van der Waals surface area contributed by atoms with Crippen LogP contribution in [0.25, 0.3) is 11.3 Å². The standard InChI is InChI=1S/C40H48N14O2/c1-25-16-27(3)42-33(18-25)44-40(56)32-24-52(38-11-10-37(47-54(32)38)51-15-13-30(23-51)49(6)7)21-28-17-26(2)19-34(43-28)45-39(55)31-20-41-35-8-9-36(46-53(31)35)50-14-12-29(22-50)48(4)5/h8-11,16-20,24,29-30H,12-15,21-23H2,1-7H3,(H-,42,43,44,45,55,56)/p+1/t29-,30+/m0/s1. The fraction of sp³-hybridized carbons (Fsp3) is 0.400. The third-order valence-electron chi connectivity index (χ3n) is 10.8. The molecular weight excluding hydrogens is 709 g/mol. The van der Waals surface area contributed by atoms with Gasteiger partial charge in [-0.2, -0.15) is 0 Å². The Morgan fingerprint density at radius 1 is 0.750 bits per heavy atom. The molecule has 0 aromatic carbocycles. The van der Waals surface area contributed by atoms with E-state index in [9.17, 15) is 9.59 Å². The van der Waals surface area contributed by atoms with Crippen molar-refractivity contribution in [3.8, 4) is 0 Å². The molecule has 6 aromatic rings. The Bertz CT molecular complexity index is 2430. The number of imidazole rings is 2. The fourth-order valence-electron chi connectivity index (χ4n) is 7.77. The van der Waals surface area contributed by atoms with Gasteiger partial charge in [0.15, 0.2) is 17.2 Å². The highest BCUT2D eigenvalue weighted by molar-refractivity contribution is 6.03. The minimum Gasteiger partial charge on any atom is -0.354 e. The molecule has 2 fully saturated rings. The summed E-state index contributed by atoms with van der Waals surface area (Å²) < 4.78 is 5.25. The van der Waals surface area contributed by atoms with Crippen LogP contribution in [0.3, 0.4) is 0 Å². The van der Waals surface area contributed by atoms with Crippen LogP contribution in [0.2, 0.25) is 0 Å². The Kier molecular flexibility index (Phi) is 9.84. The molecule has 2 aliphatic rings. The Morgan fingerprint density at radius 2 is 1.34 bits per heavy atom. The smallest absolute Gasteiger partial charge is 0.308 e. The van der Waals surface area contributed by atoms with Gasteiger partial charge >= 0.3 is 11.6 Å².